The van der Waals surface area contributed by atoms with Crippen molar-refractivity contribution in [1.29, 1.82) is 0 Å². The maximum atomic E-state index is 5.98. The molecule has 2 N–H and O–H groups in total. The van der Waals surface area contributed by atoms with E-state index in [-0.39, 0.29) is 6.04 Å². The van der Waals surface area contributed by atoms with E-state index in [4.69, 9.17) is 5.73 Å². The van der Waals surface area contributed by atoms with Crippen molar-refractivity contribution in [3.05, 3.63) is 18.2 Å². The van der Waals surface area contributed by atoms with Crippen LogP contribution >= 0.6 is 0 Å². The fraction of sp³-hybridized carbons (Fsp3) is 0.700. The zero-order chi connectivity index (χ0) is 9.84. The second-order valence-electron chi connectivity index (χ2n) is 3.74. The molecule has 1 atom stereocenters. The zero-order valence-corrected chi connectivity index (χ0v) is 8.70. The molecule has 1 heterocycles. The van der Waals surface area contributed by atoms with Gasteiger partial charge in [-0.25, -0.2) is 4.98 Å². The molecule has 1 aromatic heterocycles. The van der Waals surface area contributed by atoms with E-state index in [1.165, 1.54) is 0 Å². The Morgan fingerprint density at radius 2 is 2.23 bits per heavy atom. The summed E-state index contributed by atoms with van der Waals surface area (Å²) in [4.78, 5) is 4.29. The highest BCUT2D eigenvalue weighted by atomic mass is 15.1. The molecule has 0 aromatic carbocycles. The Kier molecular flexibility index (Phi) is 3.48. The van der Waals surface area contributed by atoms with Gasteiger partial charge < -0.3 is 10.3 Å². The average Bonchev–Trinajstić information content (AvgIpc) is 2.51. The minimum Gasteiger partial charge on any atom is -0.335 e. The van der Waals surface area contributed by atoms with Crippen LogP contribution in [0.4, 0.5) is 0 Å². The SMILES string of the molecule is CCn1ccnc1CC(N)C(C)C. The molecule has 0 aliphatic carbocycles. The van der Waals surface area contributed by atoms with Gasteiger partial charge in [0.15, 0.2) is 0 Å². The number of aryl methyl sites for hydroxylation is 1. The van der Waals surface area contributed by atoms with Crippen molar-refractivity contribution in [1.82, 2.24) is 9.55 Å². The number of hydrogen-bond acceptors (Lipinski definition) is 2. The van der Waals surface area contributed by atoms with E-state index in [9.17, 15) is 0 Å². The van der Waals surface area contributed by atoms with E-state index in [0.29, 0.717) is 5.92 Å². The molecule has 74 valence electrons. The van der Waals surface area contributed by atoms with Crippen LogP contribution in [0.5, 0.6) is 0 Å². The second kappa shape index (κ2) is 4.42. The molecule has 0 fully saturated rings. The lowest BCUT2D eigenvalue weighted by molar-refractivity contribution is 0.473. The highest BCUT2D eigenvalue weighted by molar-refractivity contribution is 4.95. The molecular weight excluding hydrogens is 162 g/mol. The molecule has 3 heteroatoms. The van der Waals surface area contributed by atoms with Gasteiger partial charge in [0.2, 0.25) is 0 Å². The first-order valence-corrected chi connectivity index (χ1v) is 4.90. The van der Waals surface area contributed by atoms with Gasteiger partial charge in [-0.2, -0.15) is 0 Å². The van der Waals surface area contributed by atoms with Crippen LogP contribution in [0.1, 0.15) is 26.6 Å². The van der Waals surface area contributed by atoms with Crippen LogP contribution in [0.15, 0.2) is 12.4 Å². The average molecular weight is 181 g/mol. The van der Waals surface area contributed by atoms with Crippen LogP contribution in [0.25, 0.3) is 0 Å². The van der Waals surface area contributed by atoms with Crippen LogP contribution in [0, 0.1) is 5.92 Å². The van der Waals surface area contributed by atoms with Gasteiger partial charge in [-0.05, 0) is 12.8 Å². The Labute approximate surface area is 80.0 Å². The monoisotopic (exact) mass is 181 g/mol. The maximum Gasteiger partial charge on any atom is 0.110 e. The summed E-state index contributed by atoms with van der Waals surface area (Å²) in [5.41, 5.74) is 5.98. The summed E-state index contributed by atoms with van der Waals surface area (Å²) >= 11 is 0. The first-order valence-electron chi connectivity index (χ1n) is 4.90. The molecule has 0 amide bonds. The van der Waals surface area contributed by atoms with E-state index in [1.807, 2.05) is 12.4 Å². The van der Waals surface area contributed by atoms with Crippen LogP contribution in [0.2, 0.25) is 0 Å². The lowest BCUT2D eigenvalue weighted by atomic mass is 10.0. The van der Waals surface area contributed by atoms with Crippen molar-refractivity contribution in [2.24, 2.45) is 11.7 Å². The van der Waals surface area contributed by atoms with Crippen molar-refractivity contribution < 1.29 is 0 Å². The zero-order valence-electron chi connectivity index (χ0n) is 8.70. The van der Waals surface area contributed by atoms with Crippen LogP contribution in [-0.2, 0) is 13.0 Å². The maximum absolute atomic E-state index is 5.98. The number of hydrogen-bond donors (Lipinski definition) is 1. The van der Waals surface area contributed by atoms with Crippen LogP contribution in [-0.4, -0.2) is 15.6 Å². The largest absolute Gasteiger partial charge is 0.335 e. The second-order valence-corrected chi connectivity index (χ2v) is 3.74. The Morgan fingerprint density at radius 3 is 2.77 bits per heavy atom. The van der Waals surface area contributed by atoms with Gasteiger partial charge in [0.1, 0.15) is 5.82 Å². The Bertz CT molecular complexity index is 252. The van der Waals surface area contributed by atoms with Gasteiger partial charge >= 0.3 is 0 Å². The van der Waals surface area contributed by atoms with Crippen molar-refractivity contribution >= 4 is 0 Å². The Balaban J connectivity index is 2.62. The third-order valence-electron chi connectivity index (χ3n) is 2.42. The number of aromatic nitrogens is 2. The summed E-state index contributed by atoms with van der Waals surface area (Å²) in [7, 11) is 0. The minimum absolute atomic E-state index is 0.215. The summed E-state index contributed by atoms with van der Waals surface area (Å²) < 4.78 is 2.14. The van der Waals surface area contributed by atoms with E-state index in [0.717, 1.165) is 18.8 Å². The lowest BCUT2D eigenvalue weighted by Crippen LogP contribution is -2.30. The van der Waals surface area contributed by atoms with Crippen molar-refractivity contribution in [3.63, 3.8) is 0 Å². The molecule has 1 aromatic rings. The molecular formula is C10H19N3. The lowest BCUT2D eigenvalue weighted by Gasteiger charge is -2.15. The van der Waals surface area contributed by atoms with Crippen molar-refractivity contribution in [2.75, 3.05) is 0 Å². The highest BCUT2D eigenvalue weighted by Gasteiger charge is 2.11. The molecule has 0 radical (unpaired) electrons. The van der Waals surface area contributed by atoms with E-state index >= 15 is 0 Å². The topological polar surface area (TPSA) is 43.8 Å². The van der Waals surface area contributed by atoms with E-state index < -0.39 is 0 Å². The fourth-order valence-electron chi connectivity index (χ4n) is 1.26. The molecule has 3 nitrogen and oxygen atoms in total. The standard InChI is InChI=1S/C10H19N3/c1-4-13-6-5-12-10(13)7-9(11)8(2)3/h5-6,8-9H,4,7,11H2,1-3H3. The highest BCUT2D eigenvalue weighted by Crippen LogP contribution is 2.06. The minimum atomic E-state index is 0.215. The molecule has 1 unspecified atom stereocenters. The first-order chi connectivity index (χ1) is 6.15. The number of nitrogens with zero attached hydrogens (tertiary/aromatic N) is 2. The number of nitrogens with two attached hydrogens (primary N) is 1. The summed E-state index contributed by atoms with van der Waals surface area (Å²) in [5.74, 6) is 1.62. The van der Waals surface area contributed by atoms with Gasteiger partial charge in [-0.15, -0.1) is 0 Å². The molecule has 1 rings (SSSR count). The molecule has 0 saturated carbocycles. The Morgan fingerprint density at radius 1 is 1.54 bits per heavy atom. The number of imidazole rings is 1. The van der Waals surface area contributed by atoms with E-state index in [1.54, 1.807) is 0 Å². The van der Waals surface area contributed by atoms with Gasteiger partial charge in [-0.3, -0.25) is 0 Å². The van der Waals surface area contributed by atoms with Crippen LogP contribution in [0.3, 0.4) is 0 Å². The van der Waals surface area contributed by atoms with Gasteiger partial charge in [-0.1, -0.05) is 13.8 Å². The quantitative estimate of drug-likeness (QED) is 0.763. The molecule has 0 bridgehead atoms. The van der Waals surface area contributed by atoms with Crippen molar-refractivity contribution in [2.45, 2.75) is 39.8 Å². The number of rotatable bonds is 4. The van der Waals surface area contributed by atoms with Crippen molar-refractivity contribution in [3.8, 4) is 0 Å². The van der Waals surface area contributed by atoms with Gasteiger partial charge in [0.25, 0.3) is 0 Å². The normalized spacial score (nSPS) is 13.6. The summed E-state index contributed by atoms with van der Waals surface area (Å²) in [6.45, 7) is 7.38. The van der Waals surface area contributed by atoms with Crippen LogP contribution < -0.4 is 5.73 Å². The molecule has 0 aliphatic heterocycles. The molecule has 0 saturated heterocycles. The Hall–Kier alpha value is -0.830. The molecule has 0 aliphatic rings. The fourth-order valence-corrected chi connectivity index (χ4v) is 1.26. The first kappa shape index (κ1) is 10.3. The van der Waals surface area contributed by atoms with Gasteiger partial charge in [0.05, 0.1) is 0 Å². The smallest absolute Gasteiger partial charge is 0.110 e. The molecule has 13 heavy (non-hydrogen) atoms. The third kappa shape index (κ3) is 2.56. The summed E-state index contributed by atoms with van der Waals surface area (Å²) in [5, 5.41) is 0. The third-order valence-corrected chi connectivity index (χ3v) is 2.42. The molecule has 0 spiro atoms. The summed E-state index contributed by atoms with van der Waals surface area (Å²) in [6, 6.07) is 0.215. The summed E-state index contributed by atoms with van der Waals surface area (Å²) in [6.07, 6.45) is 4.72. The predicted octanol–water partition coefficient (Wildman–Crippen LogP) is 1.43. The van der Waals surface area contributed by atoms with Gasteiger partial charge in [0, 0.05) is 31.4 Å². The predicted molar refractivity (Wildman–Crippen MR) is 54.4 cm³/mol. The van der Waals surface area contributed by atoms with E-state index in [2.05, 4.69) is 30.3 Å².